The summed E-state index contributed by atoms with van der Waals surface area (Å²) in [7, 11) is 0. The molecule has 1 aromatic carbocycles. The summed E-state index contributed by atoms with van der Waals surface area (Å²) in [5.74, 6) is -0.116. The third-order valence-corrected chi connectivity index (χ3v) is 4.91. The molecule has 7 nitrogen and oxygen atoms in total. The zero-order chi connectivity index (χ0) is 20.5. The van der Waals surface area contributed by atoms with Crippen LogP contribution in [0, 0.1) is 13.8 Å². The standard InChI is InChI=1S/C22H21N5O2/c1-4-15-10-11-23-17(12-15)25-21(28)19-13(2)24-20-18(16-8-6-5-7-9-16)14(3)26-27(20)22(19)29/h5-12,26H,4H2,1-3H3,(H,23,25,28). The van der Waals surface area contributed by atoms with Crippen molar-refractivity contribution in [1.29, 1.82) is 0 Å². The summed E-state index contributed by atoms with van der Waals surface area (Å²) in [4.78, 5) is 34.7. The number of amides is 1. The van der Waals surface area contributed by atoms with Crippen LogP contribution in [-0.4, -0.2) is 25.5 Å². The fourth-order valence-corrected chi connectivity index (χ4v) is 3.44. The first-order chi connectivity index (χ1) is 14.0. The van der Waals surface area contributed by atoms with E-state index in [1.165, 1.54) is 4.52 Å². The lowest BCUT2D eigenvalue weighted by Crippen LogP contribution is -2.29. The van der Waals surface area contributed by atoms with Crippen molar-refractivity contribution in [2.45, 2.75) is 27.2 Å². The first kappa shape index (κ1) is 18.6. The molecule has 0 unspecified atom stereocenters. The van der Waals surface area contributed by atoms with E-state index < -0.39 is 11.5 Å². The van der Waals surface area contributed by atoms with Gasteiger partial charge in [-0.1, -0.05) is 37.3 Å². The summed E-state index contributed by atoms with van der Waals surface area (Å²) in [5.41, 5.74) is 4.06. The van der Waals surface area contributed by atoms with Crippen molar-refractivity contribution in [3.63, 3.8) is 0 Å². The van der Waals surface area contributed by atoms with Crippen LogP contribution in [0.25, 0.3) is 16.8 Å². The molecule has 7 heteroatoms. The average molecular weight is 387 g/mol. The summed E-state index contributed by atoms with van der Waals surface area (Å²) in [5, 5.41) is 5.76. The molecule has 3 aromatic heterocycles. The third kappa shape index (κ3) is 3.31. The van der Waals surface area contributed by atoms with Crippen molar-refractivity contribution in [3.8, 4) is 11.1 Å². The minimum Gasteiger partial charge on any atom is -0.306 e. The van der Waals surface area contributed by atoms with Gasteiger partial charge < -0.3 is 5.32 Å². The smallest absolute Gasteiger partial charge is 0.285 e. The van der Waals surface area contributed by atoms with Gasteiger partial charge in [0.25, 0.3) is 11.5 Å². The van der Waals surface area contributed by atoms with Crippen molar-refractivity contribution in [3.05, 3.63) is 81.5 Å². The second kappa shape index (κ2) is 7.35. The molecule has 3 heterocycles. The molecular weight excluding hydrogens is 366 g/mol. The topological polar surface area (TPSA) is 92.2 Å². The zero-order valence-corrected chi connectivity index (χ0v) is 16.5. The largest absolute Gasteiger partial charge is 0.306 e. The summed E-state index contributed by atoms with van der Waals surface area (Å²) in [6, 6.07) is 13.4. The molecule has 0 bridgehead atoms. The van der Waals surface area contributed by atoms with Gasteiger partial charge in [0.2, 0.25) is 0 Å². The molecular formula is C22H21N5O2. The molecule has 0 aliphatic rings. The summed E-state index contributed by atoms with van der Waals surface area (Å²) in [6.45, 7) is 5.57. The van der Waals surface area contributed by atoms with Crippen molar-refractivity contribution in [2.24, 2.45) is 0 Å². The molecule has 146 valence electrons. The van der Waals surface area contributed by atoms with Crippen LogP contribution in [0.4, 0.5) is 5.82 Å². The average Bonchev–Trinajstić information content (AvgIpc) is 3.05. The van der Waals surface area contributed by atoms with E-state index in [1.54, 1.807) is 19.2 Å². The van der Waals surface area contributed by atoms with Gasteiger partial charge in [-0.2, -0.15) is 0 Å². The van der Waals surface area contributed by atoms with Crippen LogP contribution in [0.5, 0.6) is 0 Å². The van der Waals surface area contributed by atoms with Crippen LogP contribution in [0.15, 0.2) is 53.5 Å². The molecule has 0 saturated heterocycles. The molecule has 0 atom stereocenters. The van der Waals surface area contributed by atoms with E-state index in [9.17, 15) is 9.59 Å². The van der Waals surface area contributed by atoms with E-state index in [1.807, 2.05) is 50.2 Å². The number of anilines is 1. The molecule has 0 radical (unpaired) electrons. The first-order valence-electron chi connectivity index (χ1n) is 9.43. The molecule has 29 heavy (non-hydrogen) atoms. The number of nitrogens with zero attached hydrogens (tertiary/aromatic N) is 3. The number of aromatic nitrogens is 4. The maximum atomic E-state index is 13.1. The lowest BCUT2D eigenvalue weighted by atomic mass is 10.1. The van der Waals surface area contributed by atoms with Gasteiger partial charge in [0, 0.05) is 17.5 Å². The summed E-state index contributed by atoms with van der Waals surface area (Å²) in [6.07, 6.45) is 2.46. The Hall–Kier alpha value is -3.74. The maximum absolute atomic E-state index is 13.1. The Kier molecular flexibility index (Phi) is 4.72. The SMILES string of the molecule is CCc1ccnc(NC(=O)c2c(C)nc3c(-c4ccccc4)c(C)[nH]n3c2=O)c1. The highest BCUT2D eigenvalue weighted by molar-refractivity contribution is 6.04. The highest BCUT2D eigenvalue weighted by Gasteiger charge is 2.22. The predicted molar refractivity (Wildman–Crippen MR) is 112 cm³/mol. The van der Waals surface area contributed by atoms with Crippen LogP contribution in [0.1, 0.15) is 34.2 Å². The third-order valence-electron chi connectivity index (χ3n) is 4.91. The van der Waals surface area contributed by atoms with E-state index in [-0.39, 0.29) is 5.56 Å². The van der Waals surface area contributed by atoms with Crippen molar-refractivity contribution in [1.82, 2.24) is 19.6 Å². The van der Waals surface area contributed by atoms with E-state index in [0.717, 1.165) is 28.8 Å². The molecule has 0 saturated carbocycles. The number of pyridine rings is 1. The number of nitrogens with one attached hydrogen (secondary N) is 2. The number of fused-ring (bicyclic) bond motifs is 1. The van der Waals surface area contributed by atoms with Gasteiger partial charge in [0.05, 0.1) is 5.69 Å². The van der Waals surface area contributed by atoms with Gasteiger partial charge >= 0.3 is 0 Å². The monoisotopic (exact) mass is 387 g/mol. The molecule has 0 spiro atoms. The number of carbonyl (C=O) groups is 1. The van der Waals surface area contributed by atoms with Crippen LogP contribution in [0.3, 0.4) is 0 Å². The fourth-order valence-electron chi connectivity index (χ4n) is 3.44. The quantitative estimate of drug-likeness (QED) is 0.560. The second-order valence-electron chi connectivity index (χ2n) is 6.87. The number of benzene rings is 1. The Balaban J connectivity index is 1.80. The van der Waals surface area contributed by atoms with Crippen LogP contribution in [0.2, 0.25) is 0 Å². The van der Waals surface area contributed by atoms with Gasteiger partial charge in [-0.3, -0.25) is 14.7 Å². The van der Waals surface area contributed by atoms with Gasteiger partial charge in [0.1, 0.15) is 11.4 Å². The molecule has 0 aliphatic carbocycles. The molecule has 4 rings (SSSR count). The Morgan fingerprint density at radius 2 is 1.93 bits per heavy atom. The first-order valence-corrected chi connectivity index (χ1v) is 9.43. The van der Waals surface area contributed by atoms with Crippen molar-refractivity contribution in [2.75, 3.05) is 5.32 Å². The Labute approximate surface area is 167 Å². The number of hydrogen-bond acceptors (Lipinski definition) is 4. The Bertz CT molecular complexity index is 1270. The van der Waals surface area contributed by atoms with Crippen molar-refractivity contribution >= 4 is 17.4 Å². The van der Waals surface area contributed by atoms with E-state index in [4.69, 9.17) is 0 Å². The van der Waals surface area contributed by atoms with Gasteiger partial charge in [-0.15, -0.1) is 0 Å². The van der Waals surface area contributed by atoms with Crippen LogP contribution >= 0.6 is 0 Å². The normalized spacial score (nSPS) is 11.0. The number of aryl methyl sites for hydroxylation is 3. The van der Waals surface area contributed by atoms with Gasteiger partial charge in [-0.25, -0.2) is 14.5 Å². The van der Waals surface area contributed by atoms with E-state index in [0.29, 0.717) is 17.2 Å². The van der Waals surface area contributed by atoms with Gasteiger partial charge in [-0.05, 0) is 43.5 Å². The Morgan fingerprint density at radius 3 is 2.66 bits per heavy atom. The molecule has 0 fully saturated rings. The summed E-state index contributed by atoms with van der Waals surface area (Å²) >= 11 is 0. The molecule has 1 amide bonds. The lowest BCUT2D eigenvalue weighted by Gasteiger charge is -2.08. The zero-order valence-electron chi connectivity index (χ0n) is 16.5. The van der Waals surface area contributed by atoms with E-state index >= 15 is 0 Å². The molecule has 0 aliphatic heterocycles. The summed E-state index contributed by atoms with van der Waals surface area (Å²) < 4.78 is 1.33. The maximum Gasteiger partial charge on any atom is 0.285 e. The number of H-pyrrole nitrogens is 1. The molecule has 4 aromatic rings. The molecule has 2 N–H and O–H groups in total. The van der Waals surface area contributed by atoms with Crippen LogP contribution < -0.4 is 10.9 Å². The fraction of sp³-hybridized carbons (Fsp3) is 0.182. The number of hydrogen-bond donors (Lipinski definition) is 2. The number of carbonyl (C=O) groups excluding carboxylic acids is 1. The predicted octanol–water partition coefficient (Wildman–Crippen LogP) is 3.52. The van der Waals surface area contributed by atoms with Crippen molar-refractivity contribution < 1.29 is 4.79 Å². The number of aromatic amines is 1. The highest BCUT2D eigenvalue weighted by atomic mass is 16.2. The van der Waals surface area contributed by atoms with Gasteiger partial charge in [0.15, 0.2) is 5.65 Å². The lowest BCUT2D eigenvalue weighted by molar-refractivity contribution is 0.102. The number of rotatable bonds is 4. The minimum absolute atomic E-state index is 0.00735. The second-order valence-corrected chi connectivity index (χ2v) is 6.87. The van der Waals surface area contributed by atoms with E-state index in [2.05, 4.69) is 20.4 Å². The highest BCUT2D eigenvalue weighted by Crippen LogP contribution is 2.26. The Morgan fingerprint density at radius 1 is 1.17 bits per heavy atom. The minimum atomic E-state index is -0.524. The van der Waals surface area contributed by atoms with Crippen LogP contribution in [-0.2, 0) is 6.42 Å².